The molecule has 1 heterocycles. The number of hydrogen-bond acceptors (Lipinski definition) is 3. The van der Waals surface area contributed by atoms with Crippen molar-refractivity contribution in [3.63, 3.8) is 0 Å². The summed E-state index contributed by atoms with van der Waals surface area (Å²) in [6, 6.07) is 0. The van der Waals surface area contributed by atoms with E-state index in [1.807, 2.05) is 0 Å². The fraction of sp³-hybridized carbons (Fsp3) is 0.917. The Bertz CT molecular complexity index is 213. The minimum Gasteiger partial charge on any atom is -0.387 e. The van der Waals surface area contributed by atoms with Gasteiger partial charge in [0.15, 0.2) is 0 Å². The van der Waals surface area contributed by atoms with Crippen LogP contribution >= 0.6 is 0 Å². The molecule has 0 bridgehead atoms. The Balaban J connectivity index is 2.29. The van der Waals surface area contributed by atoms with Gasteiger partial charge in [-0.2, -0.15) is 0 Å². The van der Waals surface area contributed by atoms with E-state index < -0.39 is 0 Å². The lowest BCUT2D eigenvalue weighted by atomic mass is 9.97. The van der Waals surface area contributed by atoms with Crippen LogP contribution in [0.2, 0.25) is 0 Å². The van der Waals surface area contributed by atoms with Crippen LogP contribution < -0.4 is 5.73 Å². The van der Waals surface area contributed by atoms with Crippen molar-refractivity contribution in [2.75, 3.05) is 39.3 Å². The van der Waals surface area contributed by atoms with E-state index in [9.17, 15) is 0 Å². The third kappa shape index (κ3) is 4.10. The number of likely N-dealkylation sites (tertiary alicyclic amines) is 1. The molecule has 1 saturated heterocycles. The minimum atomic E-state index is 0.297. The van der Waals surface area contributed by atoms with Crippen molar-refractivity contribution < 1.29 is 0 Å². The molecule has 0 aromatic heterocycles. The van der Waals surface area contributed by atoms with Gasteiger partial charge >= 0.3 is 0 Å². The highest BCUT2D eigenvalue weighted by Crippen LogP contribution is 2.15. The van der Waals surface area contributed by atoms with Crippen molar-refractivity contribution in [3.05, 3.63) is 0 Å². The van der Waals surface area contributed by atoms with Crippen molar-refractivity contribution in [2.24, 2.45) is 11.7 Å². The van der Waals surface area contributed by atoms with Crippen LogP contribution in [0.1, 0.15) is 26.7 Å². The highest BCUT2D eigenvalue weighted by atomic mass is 15.2. The molecule has 0 radical (unpaired) electrons. The van der Waals surface area contributed by atoms with E-state index in [1.54, 1.807) is 0 Å². The summed E-state index contributed by atoms with van der Waals surface area (Å²) in [5, 5.41) is 7.51. The van der Waals surface area contributed by atoms with Crippen molar-refractivity contribution in [3.8, 4) is 0 Å². The van der Waals surface area contributed by atoms with Crippen LogP contribution in [0, 0.1) is 11.3 Å². The van der Waals surface area contributed by atoms with Gasteiger partial charge in [0.25, 0.3) is 0 Å². The smallest absolute Gasteiger partial charge is 0.0949 e. The summed E-state index contributed by atoms with van der Waals surface area (Å²) in [5.74, 6) is 0.665. The van der Waals surface area contributed by atoms with Crippen molar-refractivity contribution in [2.45, 2.75) is 26.7 Å². The molecule has 1 aliphatic heterocycles. The molecule has 0 aromatic carbocycles. The number of rotatable bonds is 6. The molecule has 1 rings (SSSR count). The SMILES string of the molecule is CCN(CC)CCN1CCCC(C(=N)N)C1. The van der Waals surface area contributed by atoms with E-state index >= 15 is 0 Å². The van der Waals surface area contributed by atoms with Gasteiger partial charge in [-0.1, -0.05) is 13.8 Å². The molecule has 94 valence electrons. The van der Waals surface area contributed by atoms with Crippen LogP contribution in [0.4, 0.5) is 0 Å². The molecule has 0 spiro atoms. The summed E-state index contributed by atoms with van der Waals surface area (Å²) in [6.45, 7) is 11.1. The second kappa shape index (κ2) is 6.86. The van der Waals surface area contributed by atoms with Gasteiger partial charge in [-0.3, -0.25) is 5.41 Å². The lowest BCUT2D eigenvalue weighted by molar-refractivity contribution is 0.172. The van der Waals surface area contributed by atoms with Gasteiger partial charge in [-0.15, -0.1) is 0 Å². The summed E-state index contributed by atoms with van der Waals surface area (Å²) >= 11 is 0. The Labute approximate surface area is 99.3 Å². The maximum absolute atomic E-state index is 7.51. The molecule has 1 aliphatic rings. The first-order valence-electron chi connectivity index (χ1n) is 6.46. The topological polar surface area (TPSA) is 56.4 Å². The fourth-order valence-corrected chi connectivity index (χ4v) is 2.34. The average Bonchev–Trinajstić information content (AvgIpc) is 2.31. The Morgan fingerprint density at radius 1 is 1.44 bits per heavy atom. The monoisotopic (exact) mass is 226 g/mol. The minimum absolute atomic E-state index is 0.297. The van der Waals surface area contributed by atoms with Gasteiger partial charge < -0.3 is 15.5 Å². The molecule has 4 nitrogen and oxygen atoms in total. The van der Waals surface area contributed by atoms with Crippen LogP contribution in [-0.2, 0) is 0 Å². The first-order chi connectivity index (χ1) is 7.67. The van der Waals surface area contributed by atoms with Crippen LogP contribution in [0.15, 0.2) is 0 Å². The number of nitrogens with zero attached hydrogens (tertiary/aromatic N) is 2. The second-order valence-electron chi connectivity index (χ2n) is 4.62. The van der Waals surface area contributed by atoms with Crippen LogP contribution in [0.5, 0.6) is 0 Å². The third-order valence-electron chi connectivity index (χ3n) is 3.57. The standard InChI is InChI=1S/C12H26N4/c1-3-15(4-2)8-9-16-7-5-6-11(10-16)12(13)14/h11H,3-10H2,1-2H3,(H3,13,14). The fourth-order valence-electron chi connectivity index (χ4n) is 2.34. The quantitative estimate of drug-likeness (QED) is 0.524. The number of hydrogen-bond donors (Lipinski definition) is 2. The van der Waals surface area contributed by atoms with Crippen molar-refractivity contribution in [1.29, 1.82) is 5.41 Å². The molecule has 1 unspecified atom stereocenters. The molecule has 0 aliphatic carbocycles. The zero-order chi connectivity index (χ0) is 12.0. The third-order valence-corrected chi connectivity index (χ3v) is 3.57. The molecular formula is C12H26N4. The van der Waals surface area contributed by atoms with Gasteiger partial charge in [0.2, 0.25) is 0 Å². The van der Waals surface area contributed by atoms with E-state index in [0.29, 0.717) is 11.8 Å². The summed E-state index contributed by atoms with van der Waals surface area (Å²) < 4.78 is 0. The Kier molecular flexibility index (Phi) is 5.77. The number of piperidine rings is 1. The van der Waals surface area contributed by atoms with Crippen molar-refractivity contribution in [1.82, 2.24) is 9.80 Å². The molecule has 0 amide bonds. The maximum atomic E-state index is 7.51. The average molecular weight is 226 g/mol. The second-order valence-corrected chi connectivity index (χ2v) is 4.62. The number of likely N-dealkylation sites (N-methyl/N-ethyl adjacent to an activating group) is 1. The highest BCUT2D eigenvalue weighted by molar-refractivity contribution is 5.79. The van der Waals surface area contributed by atoms with Gasteiger partial charge in [0.05, 0.1) is 5.84 Å². The molecule has 4 heteroatoms. The lowest BCUT2D eigenvalue weighted by Gasteiger charge is -2.33. The van der Waals surface area contributed by atoms with Gasteiger partial charge in [-0.05, 0) is 32.5 Å². The zero-order valence-electron chi connectivity index (χ0n) is 10.7. The van der Waals surface area contributed by atoms with E-state index in [0.717, 1.165) is 39.1 Å². The Hall–Kier alpha value is -0.610. The maximum Gasteiger partial charge on any atom is 0.0949 e. The highest BCUT2D eigenvalue weighted by Gasteiger charge is 2.21. The molecule has 1 fully saturated rings. The predicted octanol–water partition coefficient (Wildman–Crippen LogP) is 0.976. The molecule has 0 saturated carbocycles. The van der Waals surface area contributed by atoms with E-state index in [2.05, 4.69) is 23.6 Å². The van der Waals surface area contributed by atoms with Gasteiger partial charge in [0, 0.05) is 25.6 Å². The number of nitrogens with one attached hydrogen (secondary N) is 1. The van der Waals surface area contributed by atoms with Crippen LogP contribution in [0.3, 0.4) is 0 Å². The summed E-state index contributed by atoms with van der Waals surface area (Å²) in [4.78, 5) is 4.89. The molecule has 0 aromatic rings. The number of amidine groups is 1. The summed E-state index contributed by atoms with van der Waals surface area (Å²) in [6.07, 6.45) is 2.28. The first kappa shape index (κ1) is 13.5. The largest absolute Gasteiger partial charge is 0.387 e. The van der Waals surface area contributed by atoms with E-state index in [1.165, 1.54) is 13.0 Å². The molecule has 1 atom stereocenters. The summed E-state index contributed by atoms with van der Waals surface area (Å²) in [7, 11) is 0. The van der Waals surface area contributed by atoms with Crippen molar-refractivity contribution >= 4 is 5.84 Å². The van der Waals surface area contributed by atoms with Crippen LogP contribution in [-0.4, -0.2) is 54.9 Å². The van der Waals surface area contributed by atoms with E-state index in [-0.39, 0.29) is 0 Å². The van der Waals surface area contributed by atoms with Gasteiger partial charge in [0.1, 0.15) is 0 Å². The van der Waals surface area contributed by atoms with Crippen LogP contribution in [0.25, 0.3) is 0 Å². The molecular weight excluding hydrogens is 200 g/mol. The predicted molar refractivity (Wildman–Crippen MR) is 68.9 cm³/mol. The van der Waals surface area contributed by atoms with Gasteiger partial charge in [-0.25, -0.2) is 0 Å². The lowest BCUT2D eigenvalue weighted by Crippen LogP contribution is -2.44. The molecule has 16 heavy (non-hydrogen) atoms. The Morgan fingerprint density at radius 3 is 2.69 bits per heavy atom. The first-order valence-corrected chi connectivity index (χ1v) is 6.46. The normalized spacial score (nSPS) is 22.6. The molecule has 3 N–H and O–H groups in total. The summed E-state index contributed by atoms with van der Waals surface area (Å²) in [5.41, 5.74) is 5.58. The zero-order valence-corrected chi connectivity index (χ0v) is 10.7. The number of nitrogens with two attached hydrogens (primary N) is 1. The Morgan fingerprint density at radius 2 is 2.12 bits per heavy atom. The van der Waals surface area contributed by atoms with E-state index in [4.69, 9.17) is 11.1 Å².